The molecule has 0 unspecified atom stereocenters. The molecule has 36 heavy (non-hydrogen) atoms. The molecule has 166 valence electrons. The topological polar surface area (TPSA) is 30.2 Å². The van der Waals surface area contributed by atoms with E-state index >= 15 is 0 Å². The van der Waals surface area contributed by atoms with Crippen molar-refractivity contribution < 1.29 is 0 Å². The van der Waals surface area contributed by atoms with Crippen LogP contribution in [0.2, 0.25) is 0 Å². The third-order valence-electron chi connectivity index (χ3n) is 7.50. The maximum atomic E-state index is 5.27. The zero-order valence-corrected chi connectivity index (χ0v) is 19.9. The molecule has 0 radical (unpaired) electrons. The summed E-state index contributed by atoms with van der Waals surface area (Å²) in [7, 11) is 0. The van der Waals surface area contributed by atoms with Gasteiger partial charge in [-0.15, -0.1) is 11.3 Å². The number of nitrogens with zero attached hydrogens (tertiary/aromatic N) is 3. The van der Waals surface area contributed by atoms with Gasteiger partial charge in [-0.3, -0.25) is 4.40 Å². The van der Waals surface area contributed by atoms with Gasteiger partial charge in [0.15, 0.2) is 5.65 Å². The van der Waals surface area contributed by atoms with Crippen molar-refractivity contribution in [2.45, 2.75) is 0 Å². The van der Waals surface area contributed by atoms with E-state index in [0.29, 0.717) is 0 Å². The fraction of sp³-hybridized carbons (Fsp3) is 0. The number of fused-ring (bicyclic) bond motifs is 11. The Morgan fingerprint density at radius 2 is 1.39 bits per heavy atom. The van der Waals surface area contributed by atoms with Crippen molar-refractivity contribution in [3.63, 3.8) is 0 Å². The van der Waals surface area contributed by atoms with Gasteiger partial charge in [-0.2, -0.15) is 0 Å². The van der Waals surface area contributed by atoms with E-state index in [1.54, 1.807) is 0 Å². The zero-order valence-electron chi connectivity index (χ0n) is 19.1. The van der Waals surface area contributed by atoms with Gasteiger partial charge in [0.05, 0.1) is 22.1 Å². The van der Waals surface area contributed by atoms with Crippen LogP contribution in [0.5, 0.6) is 0 Å². The van der Waals surface area contributed by atoms with Gasteiger partial charge in [-0.05, 0) is 41.5 Å². The summed E-state index contributed by atoms with van der Waals surface area (Å²) in [5.41, 5.74) is 8.51. The molecule has 9 aromatic rings. The first-order valence-corrected chi connectivity index (χ1v) is 12.9. The van der Waals surface area contributed by atoms with Crippen LogP contribution in [-0.4, -0.2) is 14.4 Å². The second kappa shape index (κ2) is 6.56. The molecule has 0 atom stereocenters. The van der Waals surface area contributed by atoms with E-state index < -0.39 is 0 Å². The number of para-hydroxylation sites is 1. The third-order valence-corrected chi connectivity index (χ3v) is 8.71. The van der Waals surface area contributed by atoms with Gasteiger partial charge in [0.1, 0.15) is 5.52 Å². The van der Waals surface area contributed by atoms with Gasteiger partial charge in [0, 0.05) is 36.3 Å². The lowest BCUT2D eigenvalue weighted by molar-refractivity contribution is 1.28. The standard InChI is InChI=1S/C32H17N3S/c1-2-8-18(9-3-1)19-14-15-24-25(16-19)34-32-29(33-24)28-30-22(20-10-4-6-12-26(20)35(30)32)17-23-21-11-5-7-13-27(21)36-31(23)28/h1-17H. The Labute approximate surface area is 209 Å². The number of thiophene rings is 1. The van der Waals surface area contributed by atoms with Gasteiger partial charge < -0.3 is 0 Å². The Morgan fingerprint density at radius 1 is 0.583 bits per heavy atom. The molecular formula is C32H17N3S. The van der Waals surface area contributed by atoms with Crippen LogP contribution in [-0.2, 0) is 0 Å². The van der Waals surface area contributed by atoms with Gasteiger partial charge in [0.25, 0.3) is 0 Å². The summed E-state index contributed by atoms with van der Waals surface area (Å²) in [4.78, 5) is 10.5. The van der Waals surface area contributed by atoms with Crippen LogP contribution in [0.4, 0.5) is 0 Å². The molecule has 5 aromatic carbocycles. The minimum absolute atomic E-state index is 0.918. The van der Waals surface area contributed by atoms with Gasteiger partial charge in [-0.25, -0.2) is 9.97 Å². The SMILES string of the molecule is c1ccc(-c2ccc3nc4c5c6sc7ccccc7c6cc6c7ccccc7n(c4nc3c2)c65)cc1. The fourth-order valence-corrected chi connectivity index (χ4v) is 7.15. The highest BCUT2D eigenvalue weighted by Gasteiger charge is 2.23. The first-order valence-electron chi connectivity index (χ1n) is 12.1. The highest BCUT2D eigenvalue weighted by molar-refractivity contribution is 7.26. The van der Waals surface area contributed by atoms with Crippen LogP contribution >= 0.6 is 11.3 Å². The summed E-state index contributed by atoms with van der Waals surface area (Å²) >= 11 is 1.86. The molecule has 3 nitrogen and oxygen atoms in total. The number of hydrogen-bond donors (Lipinski definition) is 0. The van der Waals surface area contributed by atoms with E-state index in [4.69, 9.17) is 9.97 Å². The molecule has 0 saturated heterocycles. The van der Waals surface area contributed by atoms with E-state index in [2.05, 4.69) is 101 Å². The number of hydrogen-bond acceptors (Lipinski definition) is 3. The average Bonchev–Trinajstić information content (AvgIpc) is 3.58. The summed E-state index contributed by atoms with van der Waals surface area (Å²) in [6.45, 7) is 0. The van der Waals surface area contributed by atoms with Crippen molar-refractivity contribution in [2.75, 3.05) is 0 Å². The van der Waals surface area contributed by atoms with Crippen LogP contribution in [0.3, 0.4) is 0 Å². The number of rotatable bonds is 1. The first kappa shape index (κ1) is 18.7. The summed E-state index contributed by atoms with van der Waals surface area (Å²) in [5.74, 6) is 0. The van der Waals surface area contributed by atoms with Crippen LogP contribution in [0.15, 0.2) is 103 Å². The van der Waals surface area contributed by atoms with E-state index in [1.165, 1.54) is 52.9 Å². The lowest BCUT2D eigenvalue weighted by atomic mass is 10.0. The molecule has 0 spiro atoms. The third kappa shape index (κ3) is 2.27. The lowest BCUT2D eigenvalue weighted by Crippen LogP contribution is -1.90. The molecule has 0 fully saturated rings. The van der Waals surface area contributed by atoms with E-state index in [9.17, 15) is 0 Å². The van der Waals surface area contributed by atoms with Crippen molar-refractivity contribution in [2.24, 2.45) is 0 Å². The lowest BCUT2D eigenvalue weighted by Gasteiger charge is -2.04. The maximum absolute atomic E-state index is 5.27. The average molecular weight is 476 g/mol. The molecule has 0 saturated carbocycles. The Morgan fingerprint density at radius 3 is 2.31 bits per heavy atom. The Bertz CT molecular complexity index is 2310. The predicted octanol–water partition coefficient (Wildman–Crippen LogP) is 8.81. The molecule has 9 rings (SSSR count). The number of aromatic nitrogens is 3. The van der Waals surface area contributed by atoms with Crippen molar-refractivity contribution in [3.05, 3.63) is 103 Å². The molecule has 4 aromatic heterocycles. The second-order valence-electron chi connectivity index (χ2n) is 9.44. The van der Waals surface area contributed by atoms with E-state index in [0.717, 1.165) is 27.8 Å². The first-order chi connectivity index (χ1) is 17.8. The molecule has 0 aliphatic carbocycles. The molecule has 0 amide bonds. The molecular weight excluding hydrogens is 458 g/mol. The summed E-state index contributed by atoms with van der Waals surface area (Å²) < 4.78 is 4.93. The zero-order chi connectivity index (χ0) is 23.4. The monoisotopic (exact) mass is 475 g/mol. The van der Waals surface area contributed by atoms with E-state index in [1.807, 2.05) is 17.4 Å². The molecule has 0 N–H and O–H groups in total. The maximum Gasteiger partial charge on any atom is 0.165 e. The fourth-order valence-electron chi connectivity index (χ4n) is 5.92. The van der Waals surface area contributed by atoms with Crippen LogP contribution in [0.1, 0.15) is 0 Å². The smallest absolute Gasteiger partial charge is 0.165 e. The minimum atomic E-state index is 0.918. The summed E-state index contributed by atoms with van der Waals surface area (Å²) in [6.07, 6.45) is 0. The van der Waals surface area contributed by atoms with Gasteiger partial charge >= 0.3 is 0 Å². The van der Waals surface area contributed by atoms with Gasteiger partial charge in [0.2, 0.25) is 0 Å². The minimum Gasteiger partial charge on any atom is -0.291 e. The second-order valence-corrected chi connectivity index (χ2v) is 10.5. The van der Waals surface area contributed by atoms with Crippen LogP contribution in [0, 0.1) is 0 Å². The molecule has 4 heterocycles. The predicted molar refractivity (Wildman–Crippen MR) is 153 cm³/mol. The normalized spacial score (nSPS) is 12.4. The molecule has 0 aliphatic heterocycles. The van der Waals surface area contributed by atoms with Crippen molar-refractivity contribution in [1.29, 1.82) is 0 Å². The largest absolute Gasteiger partial charge is 0.291 e. The quantitative estimate of drug-likeness (QED) is 0.237. The summed E-state index contributed by atoms with van der Waals surface area (Å²) in [6, 6.07) is 36.7. The molecule has 0 aliphatic rings. The highest BCUT2D eigenvalue weighted by Crippen LogP contribution is 2.46. The Hall–Kier alpha value is -4.54. The van der Waals surface area contributed by atoms with Crippen LogP contribution in [0.25, 0.3) is 80.7 Å². The van der Waals surface area contributed by atoms with Crippen molar-refractivity contribution in [3.8, 4) is 11.1 Å². The Balaban J connectivity index is 1.51. The van der Waals surface area contributed by atoms with Crippen LogP contribution < -0.4 is 0 Å². The number of benzene rings is 5. The van der Waals surface area contributed by atoms with Gasteiger partial charge in [-0.1, -0.05) is 72.8 Å². The highest BCUT2D eigenvalue weighted by atomic mass is 32.1. The molecule has 4 heteroatoms. The van der Waals surface area contributed by atoms with Crippen molar-refractivity contribution in [1.82, 2.24) is 14.4 Å². The Kier molecular flexibility index (Phi) is 3.42. The van der Waals surface area contributed by atoms with Crippen molar-refractivity contribution >= 4 is 80.9 Å². The molecule has 0 bridgehead atoms. The van der Waals surface area contributed by atoms with E-state index in [-0.39, 0.29) is 0 Å². The summed E-state index contributed by atoms with van der Waals surface area (Å²) in [5, 5.41) is 6.36.